The Bertz CT molecular complexity index is 1660. The van der Waals surface area contributed by atoms with E-state index in [0.717, 1.165) is 37.6 Å². The van der Waals surface area contributed by atoms with Crippen molar-refractivity contribution in [2.45, 2.75) is 31.5 Å². The zero-order valence-corrected chi connectivity index (χ0v) is 21.2. The maximum absolute atomic E-state index is 13.0. The first-order valence-corrected chi connectivity index (χ1v) is 12.6. The van der Waals surface area contributed by atoms with Gasteiger partial charge < -0.3 is 16.0 Å². The number of nitrogens with two attached hydrogens (primary N) is 1. The van der Waals surface area contributed by atoms with Gasteiger partial charge in [-0.05, 0) is 55.0 Å². The summed E-state index contributed by atoms with van der Waals surface area (Å²) in [6.07, 6.45) is 3.99. The van der Waals surface area contributed by atoms with E-state index in [2.05, 4.69) is 21.9 Å². The zero-order valence-electron chi connectivity index (χ0n) is 21.2. The van der Waals surface area contributed by atoms with Gasteiger partial charge in [0.2, 0.25) is 5.91 Å². The molecule has 1 spiro atoms. The molecule has 1 saturated heterocycles. The van der Waals surface area contributed by atoms with Gasteiger partial charge in [-0.25, -0.2) is 15.0 Å². The van der Waals surface area contributed by atoms with Crippen LogP contribution in [0.3, 0.4) is 0 Å². The van der Waals surface area contributed by atoms with Crippen LogP contribution in [-0.2, 0) is 11.0 Å². The molecule has 1 aliphatic carbocycles. The summed E-state index contributed by atoms with van der Waals surface area (Å²) in [6, 6.07) is 7.78. The van der Waals surface area contributed by atoms with Crippen LogP contribution in [0.5, 0.6) is 0 Å². The number of alkyl halides is 3. The Morgan fingerprint density at radius 3 is 2.55 bits per heavy atom. The Hall–Kier alpha value is -4.74. The number of halogens is 3. The summed E-state index contributed by atoms with van der Waals surface area (Å²) < 4.78 is 40.9. The van der Waals surface area contributed by atoms with Crippen LogP contribution in [0.2, 0.25) is 0 Å². The predicted molar refractivity (Wildman–Crippen MR) is 141 cm³/mol. The lowest BCUT2D eigenvalue weighted by molar-refractivity contribution is -0.137. The van der Waals surface area contributed by atoms with Gasteiger partial charge in [-0.3, -0.25) is 14.0 Å². The average molecular weight is 548 g/mol. The lowest BCUT2D eigenvalue weighted by Crippen LogP contribution is -2.30. The molecule has 204 valence electrons. The van der Waals surface area contributed by atoms with E-state index in [0.29, 0.717) is 29.1 Å². The van der Waals surface area contributed by atoms with Crippen LogP contribution in [0, 0.1) is 5.41 Å². The molecule has 0 unspecified atom stereocenters. The molecule has 12 heteroatoms. The number of carbonyl (C=O) groups is 2. The molecule has 3 N–H and O–H groups in total. The predicted octanol–water partition coefficient (Wildman–Crippen LogP) is 4.88. The smallest absolute Gasteiger partial charge is 0.382 e. The monoisotopic (exact) mass is 547 g/mol. The van der Waals surface area contributed by atoms with Gasteiger partial charge >= 0.3 is 6.18 Å². The van der Waals surface area contributed by atoms with E-state index in [1.807, 2.05) is 9.30 Å². The lowest BCUT2D eigenvalue weighted by atomic mass is 10.0. The van der Waals surface area contributed by atoms with Crippen molar-refractivity contribution in [3.63, 3.8) is 0 Å². The van der Waals surface area contributed by atoms with Crippen molar-refractivity contribution in [1.29, 1.82) is 0 Å². The second-order valence-corrected chi connectivity index (χ2v) is 10.2. The number of nitrogens with one attached hydrogen (secondary N) is 1. The molecule has 1 aromatic carbocycles. The maximum atomic E-state index is 13.0. The molecular weight excluding hydrogens is 523 g/mol. The Morgan fingerprint density at radius 1 is 1.12 bits per heavy atom. The fourth-order valence-electron chi connectivity index (χ4n) is 5.34. The minimum atomic E-state index is -4.55. The van der Waals surface area contributed by atoms with Crippen LogP contribution in [0.4, 0.5) is 24.8 Å². The first kappa shape index (κ1) is 25.5. The van der Waals surface area contributed by atoms with E-state index < -0.39 is 17.6 Å². The van der Waals surface area contributed by atoms with E-state index >= 15 is 0 Å². The molecule has 4 aromatic rings. The number of anilines is 2. The number of likely N-dealkylation sites (tertiary alicyclic amines) is 1. The summed E-state index contributed by atoms with van der Waals surface area (Å²) in [5.41, 5.74) is 7.45. The molecular formula is C28H24F3N7O2. The summed E-state index contributed by atoms with van der Waals surface area (Å²) in [5, 5.41) is 2.40. The molecule has 2 fully saturated rings. The number of nitrogen functional groups attached to an aromatic ring is 1. The lowest BCUT2D eigenvalue weighted by Gasteiger charge is -2.22. The van der Waals surface area contributed by atoms with E-state index in [1.54, 1.807) is 24.5 Å². The summed E-state index contributed by atoms with van der Waals surface area (Å²) in [6.45, 7) is 4.31. The minimum absolute atomic E-state index is 0.109. The second-order valence-electron chi connectivity index (χ2n) is 10.2. The molecule has 2 aliphatic rings. The van der Waals surface area contributed by atoms with Crippen LogP contribution in [0.25, 0.3) is 16.8 Å². The molecule has 1 atom stereocenters. The molecule has 4 heterocycles. The van der Waals surface area contributed by atoms with Crippen LogP contribution >= 0.6 is 0 Å². The number of amides is 2. The number of carbonyl (C=O) groups excluding carboxylic acids is 2. The Kier molecular flexibility index (Phi) is 5.86. The van der Waals surface area contributed by atoms with Gasteiger partial charge in [-0.2, -0.15) is 13.2 Å². The number of hydrogen-bond donors (Lipinski definition) is 2. The number of fused-ring (bicyclic) bond motifs is 1. The van der Waals surface area contributed by atoms with Gasteiger partial charge in [0.1, 0.15) is 28.7 Å². The van der Waals surface area contributed by atoms with Crippen LogP contribution in [0.1, 0.15) is 47.1 Å². The topological polar surface area (TPSA) is 119 Å². The van der Waals surface area contributed by atoms with E-state index in [9.17, 15) is 22.8 Å². The fraction of sp³-hybridized carbons (Fsp3) is 0.250. The number of benzene rings is 1. The van der Waals surface area contributed by atoms with Crippen molar-refractivity contribution in [3.05, 3.63) is 84.6 Å². The third-order valence-electron chi connectivity index (χ3n) is 7.58. The number of hydrogen-bond acceptors (Lipinski definition) is 6. The second kappa shape index (κ2) is 9.18. The highest BCUT2D eigenvalue weighted by molar-refractivity contribution is 6.04. The van der Waals surface area contributed by atoms with Crippen LogP contribution in [0.15, 0.2) is 67.6 Å². The van der Waals surface area contributed by atoms with Gasteiger partial charge in [0.25, 0.3) is 5.91 Å². The maximum Gasteiger partial charge on any atom is 0.416 e. The minimum Gasteiger partial charge on any atom is -0.382 e. The zero-order chi connectivity index (χ0) is 28.2. The van der Waals surface area contributed by atoms with E-state index in [4.69, 9.17) is 10.7 Å². The van der Waals surface area contributed by atoms with Crippen molar-refractivity contribution in [3.8, 4) is 11.3 Å². The van der Waals surface area contributed by atoms with E-state index in [-0.39, 0.29) is 34.6 Å². The molecule has 1 aliphatic heterocycles. The Balaban J connectivity index is 1.32. The molecule has 0 radical (unpaired) electrons. The van der Waals surface area contributed by atoms with Crippen molar-refractivity contribution in [2.75, 3.05) is 17.6 Å². The standard InChI is InChI=1S/C28H24F3N7O2/c1-2-21(39)38-15-27(8-9-27)14-19(38)25-36-22(23-24(32)34-11-12-37(23)25)16-3-5-17(6-4-16)26(40)35-20-13-18(7-10-33-20)28(29,30)31/h2-7,10-13,19H,1,8-9,14-15H2,(H2,32,34)(H,33,35,40)/t19-/m0/s1. The highest BCUT2D eigenvalue weighted by atomic mass is 19.4. The summed E-state index contributed by atoms with van der Waals surface area (Å²) in [4.78, 5) is 40.2. The van der Waals surface area contributed by atoms with Crippen molar-refractivity contribution < 1.29 is 22.8 Å². The number of nitrogens with zero attached hydrogens (tertiary/aromatic N) is 5. The largest absolute Gasteiger partial charge is 0.416 e. The fourth-order valence-corrected chi connectivity index (χ4v) is 5.34. The van der Waals surface area contributed by atoms with Gasteiger partial charge in [-0.1, -0.05) is 18.7 Å². The number of pyridine rings is 1. The first-order valence-electron chi connectivity index (χ1n) is 12.6. The van der Waals surface area contributed by atoms with E-state index in [1.165, 1.54) is 18.2 Å². The molecule has 1 saturated carbocycles. The van der Waals surface area contributed by atoms with Gasteiger partial charge in [-0.15, -0.1) is 0 Å². The number of rotatable bonds is 5. The number of imidazole rings is 1. The summed E-state index contributed by atoms with van der Waals surface area (Å²) >= 11 is 0. The van der Waals surface area contributed by atoms with Gasteiger partial charge in [0.15, 0.2) is 0 Å². The highest BCUT2D eigenvalue weighted by Gasteiger charge is 2.54. The quantitative estimate of drug-likeness (QED) is 0.344. The highest BCUT2D eigenvalue weighted by Crippen LogP contribution is 2.58. The molecule has 2 amide bonds. The molecule has 0 bridgehead atoms. The third-order valence-corrected chi connectivity index (χ3v) is 7.58. The SMILES string of the molecule is C=CC(=O)N1CC2(CC2)C[C@H]1c1nc(-c2ccc(C(=O)Nc3cc(C(F)(F)F)ccn3)cc2)c2c(N)nccn12. The first-order chi connectivity index (χ1) is 19.1. The van der Waals surface area contributed by atoms with Crippen molar-refractivity contribution in [1.82, 2.24) is 24.3 Å². The average Bonchev–Trinajstić information content (AvgIpc) is 3.41. The van der Waals surface area contributed by atoms with Crippen molar-refractivity contribution in [2.24, 2.45) is 5.41 Å². The normalized spacial score (nSPS) is 17.8. The van der Waals surface area contributed by atoms with Crippen molar-refractivity contribution >= 4 is 29.0 Å². The molecule has 40 heavy (non-hydrogen) atoms. The third kappa shape index (κ3) is 4.44. The molecule has 3 aromatic heterocycles. The van der Waals surface area contributed by atoms with Gasteiger partial charge in [0, 0.05) is 36.3 Å². The Morgan fingerprint density at radius 2 is 1.88 bits per heavy atom. The molecule has 6 rings (SSSR count). The summed E-state index contributed by atoms with van der Waals surface area (Å²) in [5.74, 6) is -0.0602. The number of aromatic nitrogens is 4. The van der Waals surface area contributed by atoms with Crippen LogP contribution in [-0.4, -0.2) is 42.6 Å². The van der Waals surface area contributed by atoms with Gasteiger partial charge in [0.05, 0.1) is 11.6 Å². The molecule has 9 nitrogen and oxygen atoms in total. The van der Waals surface area contributed by atoms with Crippen LogP contribution < -0.4 is 11.1 Å². The Labute approximate surface area is 226 Å². The summed E-state index contributed by atoms with van der Waals surface area (Å²) in [7, 11) is 0.